The molecule has 0 amide bonds. The summed E-state index contributed by atoms with van der Waals surface area (Å²) in [7, 11) is 0. The highest BCUT2D eigenvalue weighted by atomic mass is 32.2. The Morgan fingerprint density at radius 3 is 2.53 bits per heavy atom. The number of hydrogen-bond acceptors (Lipinski definition) is 5. The molecule has 0 aromatic heterocycles. The first-order valence-electron chi connectivity index (χ1n) is 5.38. The lowest BCUT2D eigenvalue weighted by Gasteiger charge is -2.36. The van der Waals surface area contributed by atoms with Gasteiger partial charge in [-0.1, -0.05) is 0 Å². The Bertz CT molecular complexity index is 418. The predicted octanol–water partition coefficient (Wildman–Crippen LogP) is 3.65. The monoisotopic (exact) mass is 287 g/mol. The summed E-state index contributed by atoms with van der Waals surface area (Å²) in [5, 5.41) is 0. The van der Waals surface area contributed by atoms with Crippen molar-refractivity contribution >= 4 is 41.0 Å². The van der Waals surface area contributed by atoms with E-state index < -0.39 is 0 Å². The molecule has 1 aliphatic rings. The van der Waals surface area contributed by atoms with E-state index in [9.17, 15) is 0 Å². The van der Waals surface area contributed by atoms with Crippen LogP contribution in [-0.4, -0.2) is 25.4 Å². The second kappa shape index (κ2) is 5.24. The average molecular weight is 287 g/mol. The van der Waals surface area contributed by atoms with Gasteiger partial charge in [0, 0.05) is 28.6 Å². The maximum Gasteiger partial charge on any atom is 0.126 e. The van der Waals surface area contributed by atoms with E-state index in [1.807, 2.05) is 29.6 Å². The van der Waals surface area contributed by atoms with Crippen LogP contribution in [0.25, 0.3) is 0 Å². The summed E-state index contributed by atoms with van der Waals surface area (Å²) < 4.78 is 5.86. The van der Waals surface area contributed by atoms with Crippen LogP contribution >= 0.6 is 35.3 Å². The maximum atomic E-state index is 6.01. The highest BCUT2D eigenvalue weighted by Gasteiger charge is 2.37. The standard InChI is InChI=1S/C12H17NOS3/c1-15-11-6-8-10(7-9(11)13)14-5-4-12(8,16-2)17-3/h6-7H,4-5,13H2,1-3H3. The summed E-state index contributed by atoms with van der Waals surface area (Å²) in [6, 6.07) is 4.17. The fourth-order valence-corrected chi connectivity index (χ4v) is 4.64. The third kappa shape index (κ3) is 2.25. The molecule has 1 heterocycles. The summed E-state index contributed by atoms with van der Waals surface area (Å²) in [5.41, 5.74) is 8.11. The first-order chi connectivity index (χ1) is 8.16. The van der Waals surface area contributed by atoms with E-state index >= 15 is 0 Å². The molecule has 0 spiro atoms. The number of thioether (sulfide) groups is 3. The summed E-state index contributed by atoms with van der Waals surface area (Å²) in [6.45, 7) is 0.771. The predicted molar refractivity (Wildman–Crippen MR) is 81.5 cm³/mol. The van der Waals surface area contributed by atoms with E-state index in [1.165, 1.54) is 5.56 Å². The Morgan fingerprint density at radius 1 is 1.24 bits per heavy atom. The number of benzene rings is 1. The van der Waals surface area contributed by atoms with Gasteiger partial charge in [-0.25, -0.2) is 0 Å². The first-order valence-corrected chi connectivity index (χ1v) is 9.05. The van der Waals surface area contributed by atoms with Crippen LogP contribution in [0.3, 0.4) is 0 Å². The molecule has 2 N–H and O–H groups in total. The molecule has 0 bridgehead atoms. The number of fused-ring (bicyclic) bond motifs is 1. The molecular formula is C12H17NOS3. The Hall–Kier alpha value is -0.130. The number of hydrogen-bond donors (Lipinski definition) is 1. The topological polar surface area (TPSA) is 35.2 Å². The summed E-state index contributed by atoms with van der Waals surface area (Å²) in [6.07, 6.45) is 7.43. The van der Waals surface area contributed by atoms with Crippen molar-refractivity contribution in [2.45, 2.75) is 15.4 Å². The van der Waals surface area contributed by atoms with Gasteiger partial charge in [0.2, 0.25) is 0 Å². The van der Waals surface area contributed by atoms with Gasteiger partial charge in [0.15, 0.2) is 0 Å². The molecule has 0 saturated heterocycles. The van der Waals surface area contributed by atoms with Crippen LogP contribution in [0.1, 0.15) is 12.0 Å². The normalized spacial score (nSPS) is 17.4. The summed E-state index contributed by atoms with van der Waals surface area (Å²) in [5.74, 6) is 0.954. The SMILES string of the molecule is CSc1cc2c(cc1N)OCCC2(SC)SC. The molecule has 2 nitrogen and oxygen atoms in total. The Morgan fingerprint density at radius 2 is 1.94 bits per heavy atom. The summed E-state index contributed by atoms with van der Waals surface area (Å²) in [4.78, 5) is 1.14. The maximum absolute atomic E-state index is 6.01. The third-order valence-corrected chi connectivity index (χ3v) is 7.05. The zero-order valence-electron chi connectivity index (χ0n) is 10.3. The van der Waals surface area contributed by atoms with Gasteiger partial charge in [0.1, 0.15) is 5.75 Å². The van der Waals surface area contributed by atoms with Crippen molar-refractivity contribution < 1.29 is 4.74 Å². The lowest BCUT2D eigenvalue weighted by Crippen LogP contribution is -2.26. The average Bonchev–Trinajstić information content (AvgIpc) is 2.37. The van der Waals surface area contributed by atoms with Crippen LogP contribution < -0.4 is 10.5 Å². The van der Waals surface area contributed by atoms with E-state index in [0.29, 0.717) is 0 Å². The molecule has 0 radical (unpaired) electrons. The molecule has 1 aromatic carbocycles. The largest absolute Gasteiger partial charge is 0.493 e. The Labute approximate surface area is 115 Å². The van der Waals surface area contributed by atoms with E-state index in [4.69, 9.17) is 10.5 Å². The zero-order chi connectivity index (χ0) is 12.5. The quantitative estimate of drug-likeness (QED) is 0.521. The number of anilines is 1. The van der Waals surface area contributed by atoms with Crippen molar-refractivity contribution in [3.05, 3.63) is 17.7 Å². The van der Waals surface area contributed by atoms with Gasteiger partial charge in [0.05, 0.1) is 10.7 Å². The van der Waals surface area contributed by atoms with Gasteiger partial charge in [0.25, 0.3) is 0 Å². The Kier molecular flexibility index (Phi) is 4.10. The van der Waals surface area contributed by atoms with E-state index in [2.05, 4.69) is 24.8 Å². The van der Waals surface area contributed by atoms with Crippen molar-refractivity contribution in [2.75, 3.05) is 31.1 Å². The fourth-order valence-electron chi connectivity index (χ4n) is 2.11. The van der Waals surface area contributed by atoms with Gasteiger partial charge >= 0.3 is 0 Å². The van der Waals surface area contributed by atoms with Gasteiger partial charge in [-0.3, -0.25) is 0 Å². The van der Waals surface area contributed by atoms with E-state index in [0.717, 1.165) is 29.4 Å². The van der Waals surface area contributed by atoms with Crippen molar-refractivity contribution in [2.24, 2.45) is 0 Å². The van der Waals surface area contributed by atoms with Crippen LogP contribution in [0.15, 0.2) is 17.0 Å². The number of nitrogens with two attached hydrogens (primary N) is 1. The molecule has 17 heavy (non-hydrogen) atoms. The third-order valence-electron chi connectivity index (χ3n) is 3.09. The molecule has 94 valence electrons. The minimum absolute atomic E-state index is 0.117. The molecule has 0 saturated carbocycles. The van der Waals surface area contributed by atoms with Gasteiger partial charge < -0.3 is 10.5 Å². The van der Waals surface area contributed by atoms with Crippen LogP contribution in [-0.2, 0) is 4.08 Å². The molecule has 1 aliphatic heterocycles. The molecule has 2 rings (SSSR count). The fraction of sp³-hybridized carbons (Fsp3) is 0.500. The van der Waals surface area contributed by atoms with Crippen LogP contribution in [0.5, 0.6) is 5.75 Å². The van der Waals surface area contributed by atoms with Crippen molar-refractivity contribution in [3.8, 4) is 5.75 Å². The number of ether oxygens (including phenoxy) is 1. The molecule has 1 aromatic rings. The van der Waals surface area contributed by atoms with Crippen molar-refractivity contribution in [1.82, 2.24) is 0 Å². The summed E-state index contributed by atoms with van der Waals surface area (Å²) >= 11 is 5.48. The molecule has 0 atom stereocenters. The van der Waals surface area contributed by atoms with Crippen LogP contribution in [0, 0.1) is 0 Å². The Balaban J connectivity index is 2.56. The lowest BCUT2D eigenvalue weighted by atomic mass is 10.0. The smallest absolute Gasteiger partial charge is 0.126 e. The minimum atomic E-state index is 0.117. The first kappa shape index (κ1) is 13.3. The molecule has 0 aliphatic carbocycles. The van der Waals surface area contributed by atoms with E-state index in [1.54, 1.807) is 11.8 Å². The van der Waals surface area contributed by atoms with Crippen molar-refractivity contribution in [1.29, 1.82) is 0 Å². The van der Waals surface area contributed by atoms with Crippen LogP contribution in [0.2, 0.25) is 0 Å². The molecule has 0 unspecified atom stereocenters. The van der Waals surface area contributed by atoms with Crippen molar-refractivity contribution in [3.63, 3.8) is 0 Å². The lowest BCUT2D eigenvalue weighted by molar-refractivity contribution is 0.280. The second-order valence-electron chi connectivity index (χ2n) is 3.85. The zero-order valence-corrected chi connectivity index (χ0v) is 12.7. The molecular weight excluding hydrogens is 270 g/mol. The van der Waals surface area contributed by atoms with Gasteiger partial charge in [-0.15, -0.1) is 35.3 Å². The number of nitrogen functional groups attached to an aromatic ring is 1. The highest BCUT2D eigenvalue weighted by molar-refractivity contribution is 8.16. The van der Waals surface area contributed by atoms with Gasteiger partial charge in [-0.2, -0.15) is 0 Å². The molecule has 0 fully saturated rings. The van der Waals surface area contributed by atoms with Gasteiger partial charge in [-0.05, 0) is 24.8 Å². The number of rotatable bonds is 3. The second-order valence-corrected chi connectivity index (χ2v) is 7.17. The molecule has 5 heteroatoms. The van der Waals surface area contributed by atoms with E-state index in [-0.39, 0.29) is 4.08 Å². The highest BCUT2D eigenvalue weighted by Crippen LogP contribution is 2.53. The minimum Gasteiger partial charge on any atom is -0.493 e. The van der Waals surface area contributed by atoms with Crippen LogP contribution in [0.4, 0.5) is 5.69 Å².